The highest BCUT2D eigenvalue weighted by molar-refractivity contribution is 5.18. The Kier molecular flexibility index (Phi) is 1.72. The van der Waals surface area contributed by atoms with Crippen molar-refractivity contribution in [3.05, 3.63) is 0 Å². The summed E-state index contributed by atoms with van der Waals surface area (Å²) in [4.78, 5) is 0. The molecule has 0 unspecified atom stereocenters. The minimum atomic E-state index is 0.367. The Balaban J connectivity index is 1.60. The lowest BCUT2D eigenvalue weighted by atomic mass is 9.48. The maximum Gasteiger partial charge on any atom is 0.0318 e. The number of hydrogen-bond donors (Lipinski definition) is 0. The topological polar surface area (TPSA) is 0 Å². The van der Waals surface area contributed by atoms with Crippen LogP contribution in [0.4, 0.5) is 0 Å². The van der Waals surface area contributed by atoms with E-state index in [0.717, 1.165) is 17.8 Å². The van der Waals surface area contributed by atoms with Crippen molar-refractivity contribution in [2.24, 2.45) is 28.6 Å². The van der Waals surface area contributed by atoms with Gasteiger partial charge in [0.1, 0.15) is 0 Å². The normalized spacial score (nSPS) is 51.3. The SMILES string of the molecule is C#CC1(CC23CC4CC(CC(C4)C2)C3)CC1. The molecule has 5 aliphatic carbocycles. The van der Waals surface area contributed by atoms with Crippen LogP contribution in [0.3, 0.4) is 0 Å². The summed E-state index contributed by atoms with van der Waals surface area (Å²) in [5, 5.41) is 0. The number of rotatable bonds is 2. The Morgan fingerprint density at radius 1 is 0.938 bits per heavy atom. The van der Waals surface area contributed by atoms with Gasteiger partial charge in [0.2, 0.25) is 0 Å². The molecular formula is C16H22. The number of terminal acetylenes is 1. The standard InChI is InChI=1S/C16H22/c1-2-15(3-4-15)11-16-8-12-5-13(9-16)7-14(6-12)10-16/h1,12-14H,3-11H2. The molecule has 4 bridgehead atoms. The summed E-state index contributed by atoms with van der Waals surface area (Å²) in [5.74, 6) is 6.38. The summed E-state index contributed by atoms with van der Waals surface area (Å²) in [6, 6.07) is 0. The van der Waals surface area contributed by atoms with Gasteiger partial charge in [0, 0.05) is 5.41 Å². The lowest BCUT2D eigenvalue weighted by Gasteiger charge is -2.57. The van der Waals surface area contributed by atoms with E-state index in [1.807, 2.05) is 0 Å². The minimum absolute atomic E-state index is 0.367. The molecule has 0 saturated heterocycles. The second-order valence-electron chi connectivity index (χ2n) is 7.52. The highest BCUT2D eigenvalue weighted by Gasteiger charge is 2.55. The van der Waals surface area contributed by atoms with Crippen molar-refractivity contribution < 1.29 is 0 Å². The van der Waals surface area contributed by atoms with Crippen LogP contribution in [0.25, 0.3) is 0 Å². The van der Waals surface area contributed by atoms with Crippen LogP contribution < -0.4 is 0 Å². The monoisotopic (exact) mass is 214 g/mol. The van der Waals surface area contributed by atoms with Crippen LogP contribution >= 0.6 is 0 Å². The van der Waals surface area contributed by atoms with Crippen LogP contribution in [0.2, 0.25) is 0 Å². The molecule has 0 aromatic carbocycles. The minimum Gasteiger partial charge on any atom is -0.120 e. The van der Waals surface area contributed by atoms with E-state index < -0.39 is 0 Å². The van der Waals surface area contributed by atoms with Gasteiger partial charge in [-0.25, -0.2) is 0 Å². The molecule has 5 saturated carbocycles. The smallest absolute Gasteiger partial charge is 0.0318 e. The Morgan fingerprint density at radius 3 is 1.81 bits per heavy atom. The average molecular weight is 214 g/mol. The summed E-state index contributed by atoms with van der Waals surface area (Å²) in [7, 11) is 0. The van der Waals surface area contributed by atoms with Crippen molar-refractivity contribution in [3.8, 4) is 12.3 Å². The molecule has 0 aromatic heterocycles. The summed E-state index contributed by atoms with van der Waals surface area (Å²) in [5.41, 5.74) is 1.07. The molecule has 5 aliphatic rings. The first-order chi connectivity index (χ1) is 7.71. The molecule has 0 heteroatoms. The lowest BCUT2D eigenvalue weighted by molar-refractivity contribution is -0.0639. The van der Waals surface area contributed by atoms with Crippen LogP contribution in [0.1, 0.15) is 57.8 Å². The van der Waals surface area contributed by atoms with Gasteiger partial charge in [-0.15, -0.1) is 6.42 Å². The van der Waals surface area contributed by atoms with Crippen molar-refractivity contribution in [2.75, 3.05) is 0 Å². The summed E-state index contributed by atoms with van der Waals surface area (Å²) in [6.45, 7) is 0. The van der Waals surface area contributed by atoms with Crippen LogP contribution in [0.5, 0.6) is 0 Å². The molecule has 0 aromatic rings. The summed E-state index contributed by atoms with van der Waals surface area (Å²) in [6.07, 6.45) is 19.1. The van der Waals surface area contributed by atoms with Gasteiger partial charge in [0.15, 0.2) is 0 Å². The van der Waals surface area contributed by atoms with E-state index in [4.69, 9.17) is 6.42 Å². The maximum atomic E-state index is 5.75. The average Bonchev–Trinajstić information content (AvgIpc) is 2.95. The van der Waals surface area contributed by atoms with Gasteiger partial charge in [0.05, 0.1) is 0 Å². The van der Waals surface area contributed by atoms with Crippen molar-refractivity contribution >= 4 is 0 Å². The van der Waals surface area contributed by atoms with Crippen LogP contribution in [0.15, 0.2) is 0 Å². The number of hydrogen-bond acceptors (Lipinski definition) is 0. The quantitative estimate of drug-likeness (QED) is 0.609. The first-order valence-electron chi connectivity index (χ1n) is 7.19. The van der Waals surface area contributed by atoms with E-state index in [-0.39, 0.29) is 0 Å². The Morgan fingerprint density at radius 2 is 1.44 bits per heavy atom. The van der Waals surface area contributed by atoms with Gasteiger partial charge < -0.3 is 0 Å². The largest absolute Gasteiger partial charge is 0.120 e. The molecule has 0 spiro atoms. The van der Waals surface area contributed by atoms with E-state index in [1.54, 1.807) is 19.3 Å². The van der Waals surface area contributed by atoms with Crippen molar-refractivity contribution in [1.82, 2.24) is 0 Å². The molecule has 0 amide bonds. The molecule has 0 aliphatic heterocycles. The van der Waals surface area contributed by atoms with Crippen molar-refractivity contribution in [2.45, 2.75) is 57.8 Å². The zero-order chi connectivity index (χ0) is 10.8. The highest BCUT2D eigenvalue weighted by Crippen LogP contribution is 2.66. The molecule has 16 heavy (non-hydrogen) atoms. The molecule has 86 valence electrons. The molecule has 5 rings (SSSR count). The van der Waals surface area contributed by atoms with Crippen LogP contribution in [-0.2, 0) is 0 Å². The second kappa shape index (κ2) is 2.87. The second-order valence-corrected chi connectivity index (χ2v) is 7.52. The molecule has 0 radical (unpaired) electrons. The predicted octanol–water partition coefficient (Wildman–Crippen LogP) is 4.01. The van der Waals surface area contributed by atoms with Crippen LogP contribution in [-0.4, -0.2) is 0 Å². The van der Waals surface area contributed by atoms with E-state index in [2.05, 4.69) is 5.92 Å². The summed E-state index contributed by atoms with van der Waals surface area (Å²) >= 11 is 0. The van der Waals surface area contributed by atoms with E-state index in [0.29, 0.717) is 10.8 Å². The van der Waals surface area contributed by atoms with Gasteiger partial charge in [-0.05, 0) is 81.0 Å². The van der Waals surface area contributed by atoms with Gasteiger partial charge in [-0.2, -0.15) is 0 Å². The molecule has 0 nitrogen and oxygen atoms in total. The van der Waals surface area contributed by atoms with Crippen molar-refractivity contribution in [3.63, 3.8) is 0 Å². The first-order valence-corrected chi connectivity index (χ1v) is 7.19. The van der Waals surface area contributed by atoms with Gasteiger partial charge in [-0.1, -0.05) is 5.92 Å². The van der Waals surface area contributed by atoms with Gasteiger partial charge >= 0.3 is 0 Å². The fourth-order valence-electron chi connectivity index (χ4n) is 5.75. The molecule has 0 N–H and O–H groups in total. The maximum absolute atomic E-state index is 5.75. The highest BCUT2D eigenvalue weighted by atomic mass is 14.6. The summed E-state index contributed by atoms with van der Waals surface area (Å²) < 4.78 is 0. The Hall–Kier alpha value is -0.440. The molecule has 5 fully saturated rings. The zero-order valence-corrected chi connectivity index (χ0v) is 10.2. The van der Waals surface area contributed by atoms with Gasteiger partial charge in [-0.3, -0.25) is 0 Å². The lowest BCUT2D eigenvalue weighted by Crippen LogP contribution is -2.46. The molecular weight excluding hydrogens is 192 g/mol. The third kappa shape index (κ3) is 1.30. The van der Waals surface area contributed by atoms with E-state index in [9.17, 15) is 0 Å². The predicted molar refractivity (Wildman–Crippen MR) is 65.7 cm³/mol. The van der Waals surface area contributed by atoms with Gasteiger partial charge in [0.25, 0.3) is 0 Å². The third-order valence-corrected chi connectivity index (χ3v) is 6.04. The first kappa shape index (κ1) is 9.58. The fourth-order valence-corrected chi connectivity index (χ4v) is 5.75. The Labute approximate surface area is 99.2 Å². The Bertz CT molecular complexity index is 317. The van der Waals surface area contributed by atoms with Crippen LogP contribution in [0, 0.1) is 40.9 Å². The third-order valence-electron chi connectivity index (χ3n) is 6.04. The van der Waals surface area contributed by atoms with Crippen molar-refractivity contribution in [1.29, 1.82) is 0 Å². The molecule has 0 heterocycles. The van der Waals surface area contributed by atoms with E-state index >= 15 is 0 Å². The molecule has 0 atom stereocenters. The zero-order valence-electron chi connectivity index (χ0n) is 10.2. The van der Waals surface area contributed by atoms with E-state index in [1.165, 1.54) is 38.5 Å². The fraction of sp³-hybridized carbons (Fsp3) is 0.875.